The molecule has 0 N–H and O–H groups in total. The number of aromatic nitrogens is 2. The van der Waals surface area contributed by atoms with Crippen molar-refractivity contribution >= 4 is 11.9 Å². The van der Waals surface area contributed by atoms with Crippen molar-refractivity contribution in [1.82, 2.24) is 9.97 Å². The van der Waals surface area contributed by atoms with Crippen LogP contribution in [0.2, 0.25) is 0 Å². The van der Waals surface area contributed by atoms with Gasteiger partial charge in [-0.25, -0.2) is 9.78 Å². The van der Waals surface area contributed by atoms with E-state index in [0.717, 1.165) is 0 Å². The smallest absolute Gasteiger partial charge is 0.415 e. The fourth-order valence-corrected chi connectivity index (χ4v) is 1.08. The van der Waals surface area contributed by atoms with Crippen molar-refractivity contribution in [3.63, 3.8) is 0 Å². The molecule has 2 heterocycles. The molecule has 6 heteroatoms. The summed E-state index contributed by atoms with van der Waals surface area (Å²) >= 11 is 0. The van der Waals surface area contributed by atoms with E-state index in [0.29, 0.717) is 13.2 Å². The predicted octanol–water partition coefficient (Wildman–Crippen LogP) is 1.99. The molecule has 5 nitrogen and oxygen atoms in total. The van der Waals surface area contributed by atoms with Gasteiger partial charge in [0.1, 0.15) is 12.4 Å². The van der Waals surface area contributed by atoms with Crippen molar-refractivity contribution in [3.05, 3.63) is 18.3 Å². The third-order valence-electron chi connectivity index (χ3n) is 1.65. The lowest BCUT2D eigenvalue weighted by Gasteiger charge is -2.09. The van der Waals surface area contributed by atoms with E-state index in [9.17, 15) is 9.18 Å². The van der Waals surface area contributed by atoms with Crippen LogP contribution in [-0.4, -0.2) is 29.2 Å². The SMILES string of the molecule is CCC.O=C1OCCN1c1ccnc(F)n1. The zero-order valence-electron chi connectivity index (χ0n) is 9.31. The topological polar surface area (TPSA) is 55.3 Å². The molecule has 16 heavy (non-hydrogen) atoms. The Morgan fingerprint density at radius 2 is 2.25 bits per heavy atom. The van der Waals surface area contributed by atoms with Crippen LogP contribution >= 0.6 is 0 Å². The van der Waals surface area contributed by atoms with Gasteiger partial charge in [-0.1, -0.05) is 20.3 Å². The number of rotatable bonds is 1. The Balaban J connectivity index is 0.000000386. The minimum absolute atomic E-state index is 0.231. The zero-order valence-corrected chi connectivity index (χ0v) is 9.31. The molecular formula is C10H14FN3O2. The molecule has 0 aromatic carbocycles. The second-order valence-electron chi connectivity index (χ2n) is 3.16. The van der Waals surface area contributed by atoms with E-state index < -0.39 is 12.2 Å². The van der Waals surface area contributed by atoms with E-state index in [1.807, 2.05) is 0 Å². The maximum atomic E-state index is 12.5. The molecule has 0 spiro atoms. The van der Waals surface area contributed by atoms with Crippen LogP contribution < -0.4 is 4.90 Å². The van der Waals surface area contributed by atoms with Gasteiger partial charge >= 0.3 is 12.2 Å². The Morgan fingerprint density at radius 1 is 1.56 bits per heavy atom. The number of cyclic esters (lactones) is 1. The van der Waals surface area contributed by atoms with Crippen molar-refractivity contribution < 1.29 is 13.9 Å². The number of carbonyl (C=O) groups excluding carboxylic acids is 1. The Labute approximate surface area is 93.3 Å². The monoisotopic (exact) mass is 227 g/mol. The summed E-state index contributed by atoms with van der Waals surface area (Å²) in [5, 5.41) is 0. The van der Waals surface area contributed by atoms with Gasteiger partial charge in [-0.05, 0) is 6.07 Å². The molecule has 1 aliphatic rings. The van der Waals surface area contributed by atoms with Gasteiger partial charge in [0.05, 0.1) is 6.54 Å². The number of anilines is 1. The van der Waals surface area contributed by atoms with Crippen molar-refractivity contribution in [2.45, 2.75) is 20.3 Å². The van der Waals surface area contributed by atoms with Crippen molar-refractivity contribution in [1.29, 1.82) is 0 Å². The molecule has 2 rings (SSSR count). The van der Waals surface area contributed by atoms with Crippen molar-refractivity contribution in [2.75, 3.05) is 18.1 Å². The quantitative estimate of drug-likeness (QED) is 0.688. The Bertz CT molecular complexity index is 360. The third kappa shape index (κ3) is 3.15. The van der Waals surface area contributed by atoms with Crippen molar-refractivity contribution in [3.8, 4) is 0 Å². The first kappa shape index (κ1) is 12.4. The molecule has 1 saturated heterocycles. The van der Waals surface area contributed by atoms with Gasteiger partial charge in [-0.3, -0.25) is 4.90 Å². The van der Waals surface area contributed by atoms with Gasteiger partial charge in [0.2, 0.25) is 0 Å². The fourth-order valence-electron chi connectivity index (χ4n) is 1.08. The summed E-state index contributed by atoms with van der Waals surface area (Å²) in [5.41, 5.74) is 0. The summed E-state index contributed by atoms with van der Waals surface area (Å²) in [7, 11) is 0. The number of carbonyl (C=O) groups is 1. The van der Waals surface area contributed by atoms with E-state index in [-0.39, 0.29) is 5.82 Å². The average Bonchev–Trinajstić information content (AvgIpc) is 2.65. The second kappa shape index (κ2) is 5.99. The van der Waals surface area contributed by atoms with Gasteiger partial charge in [0, 0.05) is 6.20 Å². The first-order chi connectivity index (χ1) is 7.69. The highest BCUT2D eigenvalue weighted by Gasteiger charge is 2.24. The average molecular weight is 227 g/mol. The molecule has 0 aliphatic carbocycles. The van der Waals surface area contributed by atoms with Gasteiger partial charge in [0.25, 0.3) is 0 Å². The normalized spacial score (nSPS) is 14.2. The van der Waals surface area contributed by atoms with Gasteiger partial charge < -0.3 is 4.74 Å². The summed E-state index contributed by atoms with van der Waals surface area (Å²) in [6.45, 7) is 4.96. The number of ether oxygens (including phenoxy) is 1. The molecule has 0 saturated carbocycles. The molecule has 1 fully saturated rings. The standard InChI is InChI=1S/C7H6FN3O2.C3H8/c8-6-9-2-1-5(10-6)11-3-4-13-7(11)12;1-3-2/h1-2H,3-4H2;3H2,1-2H3. The summed E-state index contributed by atoms with van der Waals surface area (Å²) in [5.74, 6) is 0.231. The molecule has 0 atom stereocenters. The maximum absolute atomic E-state index is 12.5. The highest BCUT2D eigenvalue weighted by molar-refractivity contribution is 5.87. The highest BCUT2D eigenvalue weighted by atomic mass is 19.1. The van der Waals surface area contributed by atoms with Crippen LogP contribution in [0.3, 0.4) is 0 Å². The van der Waals surface area contributed by atoms with Crippen LogP contribution in [0.4, 0.5) is 15.0 Å². The zero-order chi connectivity index (χ0) is 12.0. The molecular weight excluding hydrogens is 213 g/mol. The molecule has 1 amide bonds. The molecule has 0 unspecified atom stereocenters. The lowest BCUT2D eigenvalue weighted by Crippen LogP contribution is -2.24. The van der Waals surface area contributed by atoms with E-state index in [4.69, 9.17) is 0 Å². The van der Waals surface area contributed by atoms with E-state index in [1.165, 1.54) is 23.6 Å². The second-order valence-corrected chi connectivity index (χ2v) is 3.16. The molecule has 1 aromatic heterocycles. The number of halogens is 1. The molecule has 88 valence electrons. The number of nitrogens with zero attached hydrogens (tertiary/aromatic N) is 3. The van der Waals surface area contributed by atoms with Crippen LogP contribution in [0.15, 0.2) is 12.3 Å². The fraction of sp³-hybridized carbons (Fsp3) is 0.500. The third-order valence-corrected chi connectivity index (χ3v) is 1.65. The molecule has 1 aromatic rings. The molecule has 0 radical (unpaired) electrons. The summed E-state index contributed by atoms with van der Waals surface area (Å²) in [6.07, 6.45) is 1.15. The van der Waals surface area contributed by atoms with Crippen LogP contribution in [0, 0.1) is 6.08 Å². The van der Waals surface area contributed by atoms with Gasteiger partial charge in [0.15, 0.2) is 0 Å². The summed E-state index contributed by atoms with van der Waals surface area (Å²) in [4.78, 5) is 19.0. The maximum Gasteiger partial charge on any atom is 0.415 e. The summed E-state index contributed by atoms with van der Waals surface area (Å²) in [6, 6.07) is 1.45. The van der Waals surface area contributed by atoms with Crippen LogP contribution in [0.5, 0.6) is 0 Å². The Morgan fingerprint density at radius 3 is 2.75 bits per heavy atom. The molecule has 0 bridgehead atoms. The Kier molecular flexibility index (Phi) is 4.63. The minimum Gasteiger partial charge on any atom is -0.447 e. The molecule has 1 aliphatic heterocycles. The number of hydrogen-bond donors (Lipinski definition) is 0. The van der Waals surface area contributed by atoms with Crippen LogP contribution in [-0.2, 0) is 4.74 Å². The first-order valence-electron chi connectivity index (χ1n) is 5.11. The van der Waals surface area contributed by atoms with Gasteiger partial charge in [-0.2, -0.15) is 9.37 Å². The highest BCUT2D eigenvalue weighted by Crippen LogP contribution is 2.14. The van der Waals surface area contributed by atoms with E-state index >= 15 is 0 Å². The largest absolute Gasteiger partial charge is 0.447 e. The lowest BCUT2D eigenvalue weighted by molar-refractivity contribution is 0.181. The minimum atomic E-state index is -0.850. The van der Waals surface area contributed by atoms with Crippen LogP contribution in [0.25, 0.3) is 0 Å². The summed E-state index contributed by atoms with van der Waals surface area (Å²) < 4.78 is 17.2. The van der Waals surface area contributed by atoms with E-state index in [1.54, 1.807) is 0 Å². The first-order valence-corrected chi connectivity index (χ1v) is 5.11. The van der Waals surface area contributed by atoms with Gasteiger partial charge in [-0.15, -0.1) is 0 Å². The number of amides is 1. The lowest BCUT2D eigenvalue weighted by atomic mass is 10.5. The van der Waals surface area contributed by atoms with E-state index in [2.05, 4.69) is 28.6 Å². The number of hydrogen-bond acceptors (Lipinski definition) is 4. The predicted molar refractivity (Wildman–Crippen MR) is 56.6 cm³/mol. The van der Waals surface area contributed by atoms with Crippen LogP contribution in [0.1, 0.15) is 20.3 Å². The Hall–Kier alpha value is -1.72. The van der Waals surface area contributed by atoms with Crippen molar-refractivity contribution in [2.24, 2.45) is 0 Å².